The number of benzene rings is 1. The molecule has 0 bridgehead atoms. The van der Waals surface area contributed by atoms with Gasteiger partial charge in [-0.2, -0.15) is 5.10 Å². The van der Waals surface area contributed by atoms with Gasteiger partial charge < -0.3 is 19.8 Å². The zero-order chi connectivity index (χ0) is 19.5. The van der Waals surface area contributed by atoms with Crippen LogP contribution >= 0.6 is 12.2 Å². The van der Waals surface area contributed by atoms with Gasteiger partial charge in [0.25, 0.3) is 0 Å². The lowest BCUT2D eigenvalue weighted by atomic mass is 10.1. The summed E-state index contributed by atoms with van der Waals surface area (Å²) in [6, 6.07) is 11.4. The van der Waals surface area contributed by atoms with Crippen molar-refractivity contribution in [1.29, 1.82) is 0 Å². The van der Waals surface area contributed by atoms with Gasteiger partial charge >= 0.3 is 0 Å². The fourth-order valence-electron chi connectivity index (χ4n) is 3.59. The first kappa shape index (κ1) is 18.5. The van der Waals surface area contributed by atoms with Gasteiger partial charge in [-0.25, -0.2) is 0 Å². The van der Waals surface area contributed by atoms with Crippen LogP contribution in [-0.2, 0) is 0 Å². The monoisotopic (exact) mass is 396 g/mol. The molecule has 4 rings (SSSR count). The van der Waals surface area contributed by atoms with E-state index in [0.717, 1.165) is 61.9 Å². The van der Waals surface area contributed by atoms with Crippen molar-refractivity contribution in [2.75, 3.05) is 49.6 Å². The number of nitrogens with one attached hydrogen (secondary N) is 1. The summed E-state index contributed by atoms with van der Waals surface area (Å²) in [5.41, 5.74) is 7.06. The van der Waals surface area contributed by atoms with E-state index in [2.05, 4.69) is 43.3 Å². The fourth-order valence-corrected chi connectivity index (χ4v) is 3.82. The van der Waals surface area contributed by atoms with Crippen molar-refractivity contribution >= 4 is 34.4 Å². The molecular formula is C20H24N6OS. The number of hydrogen-bond acceptors (Lipinski definition) is 6. The first-order valence-electron chi connectivity index (χ1n) is 9.44. The molecule has 28 heavy (non-hydrogen) atoms. The number of anilines is 2. The molecule has 2 aliphatic heterocycles. The molecule has 146 valence electrons. The Hall–Kier alpha value is -2.87. The van der Waals surface area contributed by atoms with Gasteiger partial charge in [-0.1, -0.05) is 6.07 Å². The van der Waals surface area contributed by atoms with Crippen molar-refractivity contribution in [3.05, 3.63) is 48.3 Å². The average Bonchev–Trinajstić information content (AvgIpc) is 2.73. The van der Waals surface area contributed by atoms with E-state index in [9.17, 15) is 5.11 Å². The van der Waals surface area contributed by atoms with E-state index in [1.54, 1.807) is 18.3 Å². The number of rotatable bonds is 2. The molecule has 2 N–H and O–H groups in total. The van der Waals surface area contributed by atoms with Gasteiger partial charge in [-0.05, 0) is 36.5 Å². The van der Waals surface area contributed by atoms with E-state index < -0.39 is 0 Å². The molecule has 0 radical (unpaired) electrons. The molecule has 2 aromatic rings. The summed E-state index contributed by atoms with van der Waals surface area (Å²) >= 11 is 5.56. The van der Waals surface area contributed by atoms with E-state index >= 15 is 0 Å². The van der Waals surface area contributed by atoms with Crippen molar-refractivity contribution in [2.45, 2.75) is 6.42 Å². The van der Waals surface area contributed by atoms with Crippen molar-refractivity contribution in [3.8, 4) is 5.75 Å². The molecule has 1 aromatic heterocycles. The normalized spacial score (nSPS) is 18.2. The molecule has 0 saturated carbocycles. The van der Waals surface area contributed by atoms with E-state index in [1.165, 1.54) is 0 Å². The first-order chi connectivity index (χ1) is 13.6. The summed E-state index contributed by atoms with van der Waals surface area (Å²) < 4.78 is 0. The highest BCUT2D eigenvalue weighted by Gasteiger charge is 2.22. The number of aromatic hydroxyl groups is 1. The number of hydrazone groups is 1. The predicted molar refractivity (Wildman–Crippen MR) is 116 cm³/mol. The molecule has 8 heteroatoms. The lowest BCUT2D eigenvalue weighted by molar-refractivity contribution is 0.380. The van der Waals surface area contributed by atoms with Crippen molar-refractivity contribution in [3.63, 3.8) is 0 Å². The van der Waals surface area contributed by atoms with Gasteiger partial charge in [0, 0.05) is 64.1 Å². The van der Waals surface area contributed by atoms with Gasteiger partial charge in [-0.15, -0.1) is 0 Å². The molecule has 0 atom stereocenters. The maximum absolute atomic E-state index is 9.67. The lowest BCUT2D eigenvalue weighted by Gasteiger charge is -2.37. The third-order valence-corrected chi connectivity index (χ3v) is 5.55. The minimum Gasteiger partial charge on any atom is -0.508 e. The number of hydrogen-bond donors (Lipinski definition) is 2. The quantitative estimate of drug-likeness (QED) is 0.595. The van der Waals surface area contributed by atoms with Crippen LogP contribution in [0.4, 0.5) is 11.4 Å². The number of phenolic OH excluding ortho intramolecular Hbond substituents is 1. The molecule has 2 aliphatic rings. The molecule has 1 fully saturated rings. The molecule has 0 spiro atoms. The highest BCUT2D eigenvalue weighted by atomic mass is 32.1. The van der Waals surface area contributed by atoms with Crippen LogP contribution in [0.15, 0.2) is 47.7 Å². The van der Waals surface area contributed by atoms with Crippen LogP contribution < -0.4 is 15.2 Å². The largest absolute Gasteiger partial charge is 0.508 e. The zero-order valence-electron chi connectivity index (χ0n) is 15.9. The fraction of sp³-hybridized carbons (Fsp3) is 0.350. The predicted octanol–water partition coefficient (Wildman–Crippen LogP) is 2.03. The Morgan fingerprint density at radius 3 is 2.75 bits per heavy atom. The molecule has 1 aromatic carbocycles. The number of phenols is 1. The standard InChI is InChI=1S/C20H24N6OS/c1-24-9-7-17(19-18(24)6-3-8-21-19)22-23-20(28)26-12-10-25(11-13-26)15-4-2-5-16(27)14-15/h2-6,8,14,27H,7,9-13H2,1H3,(H,23,28)/b22-17-. The summed E-state index contributed by atoms with van der Waals surface area (Å²) in [5.74, 6) is 0.292. The zero-order valence-corrected chi connectivity index (χ0v) is 16.7. The second-order valence-corrected chi connectivity index (χ2v) is 7.40. The average molecular weight is 397 g/mol. The van der Waals surface area contributed by atoms with Gasteiger partial charge in [0.2, 0.25) is 0 Å². The van der Waals surface area contributed by atoms with Crippen LogP contribution in [0.3, 0.4) is 0 Å². The van der Waals surface area contributed by atoms with E-state index in [4.69, 9.17) is 12.2 Å². The van der Waals surface area contributed by atoms with Crippen LogP contribution in [0.1, 0.15) is 12.1 Å². The Morgan fingerprint density at radius 1 is 1.14 bits per heavy atom. The first-order valence-corrected chi connectivity index (χ1v) is 9.84. The van der Waals surface area contributed by atoms with Gasteiger partial charge in [0.15, 0.2) is 5.11 Å². The van der Waals surface area contributed by atoms with Gasteiger partial charge in [0.05, 0.1) is 11.4 Å². The summed E-state index contributed by atoms with van der Waals surface area (Å²) in [5, 5.41) is 14.9. The number of piperazine rings is 1. The highest BCUT2D eigenvalue weighted by molar-refractivity contribution is 7.80. The topological polar surface area (TPSA) is 67.2 Å². The Kier molecular flexibility index (Phi) is 5.29. The second-order valence-electron chi connectivity index (χ2n) is 7.01. The number of nitrogens with zero attached hydrogens (tertiary/aromatic N) is 5. The summed E-state index contributed by atoms with van der Waals surface area (Å²) in [7, 11) is 2.07. The number of pyridine rings is 1. The van der Waals surface area contributed by atoms with Crippen LogP contribution in [0.2, 0.25) is 0 Å². The van der Waals surface area contributed by atoms with E-state index in [0.29, 0.717) is 10.9 Å². The van der Waals surface area contributed by atoms with Gasteiger partial charge in [0.1, 0.15) is 11.4 Å². The van der Waals surface area contributed by atoms with Crippen LogP contribution in [-0.4, -0.2) is 65.6 Å². The molecule has 1 saturated heterocycles. The van der Waals surface area contributed by atoms with E-state index in [-0.39, 0.29) is 0 Å². The van der Waals surface area contributed by atoms with E-state index in [1.807, 2.05) is 18.2 Å². The summed E-state index contributed by atoms with van der Waals surface area (Å²) in [4.78, 5) is 11.1. The summed E-state index contributed by atoms with van der Waals surface area (Å²) in [6.45, 7) is 4.22. The Morgan fingerprint density at radius 2 is 1.96 bits per heavy atom. The number of thiocarbonyl (C=S) groups is 1. The highest BCUT2D eigenvalue weighted by Crippen LogP contribution is 2.24. The lowest BCUT2D eigenvalue weighted by Crippen LogP contribution is -2.51. The number of fused-ring (bicyclic) bond motifs is 1. The van der Waals surface area contributed by atoms with Gasteiger partial charge in [-0.3, -0.25) is 10.4 Å². The van der Waals surface area contributed by atoms with Crippen molar-refractivity contribution < 1.29 is 5.11 Å². The molecule has 7 nitrogen and oxygen atoms in total. The second kappa shape index (κ2) is 8.02. The van der Waals surface area contributed by atoms with Crippen molar-refractivity contribution in [1.82, 2.24) is 15.3 Å². The van der Waals surface area contributed by atoms with Crippen LogP contribution in [0.25, 0.3) is 0 Å². The maximum atomic E-state index is 9.67. The molecule has 0 aliphatic carbocycles. The molecular weight excluding hydrogens is 372 g/mol. The maximum Gasteiger partial charge on any atom is 0.189 e. The minimum absolute atomic E-state index is 0.292. The Balaban J connectivity index is 1.37. The minimum atomic E-state index is 0.292. The molecule has 3 heterocycles. The third-order valence-electron chi connectivity index (χ3n) is 5.20. The Bertz CT molecular complexity index is 894. The number of aromatic nitrogens is 1. The summed E-state index contributed by atoms with van der Waals surface area (Å²) in [6.07, 6.45) is 2.63. The van der Waals surface area contributed by atoms with Crippen LogP contribution in [0, 0.1) is 0 Å². The SMILES string of the molecule is CN1CC/C(=N/NC(=S)N2CCN(c3cccc(O)c3)CC2)c2ncccc21. The molecule has 0 amide bonds. The van der Waals surface area contributed by atoms with Crippen molar-refractivity contribution in [2.24, 2.45) is 5.10 Å². The third kappa shape index (κ3) is 3.87. The molecule has 0 unspecified atom stereocenters. The smallest absolute Gasteiger partial charge is 0.189 e. The van der Waals surface area contributed by atoms with Crippen LogP contribution in [0.5, 0.6) is 5.75 Å². The Labute approximate surface area is 170 Å².